The molecule has 8 nitrogen and oxygen atoms in total. The summed E-state index contributed by atoms with van der Waals surface area (Å²) in [5.41, 5.74) is -0.774. The largest absolute Gasteiger partial charge is 0.418 e. The monoisotopic (exact) mass is 490 g/mol. The van der Waals surface area contributed by atoms with E-state index in [-0.39, 0.29) is 17.3 Å². The molecule has 3 aromatic heterocycles. The molecule has 4 aromatic rings. The topological polar surface area (TPSA) is 94.2 Å². The average Bonchev–Trinajstić information content (AvgIpc) is 3.50. The first-order valence-electron chi connectivity index (χ1n) is 10.7. The molecule has 0 saturated heterocycles. The number of nitrogens with one attached hydrogen (secondary N) is 1. The maximum Gasteiger partial charge on any atom is 0.418 e. The Morgan fingerprint density at radius 2 is 1.79 bits per heavy atom. The van der Waals surface area contributed by atoms with Gasteiger partial charge in [-0.3, -0.25) is 4.40 Å². The molecule has 1 N–H and O–H groups in total. The van der Waals surface area contributed by atoms with E-state index in [1.807, 2.05) is 0 Å². The minimum absolute atomic E-state index is 0.0243. The van der Waals surface area contributed by atoms with Gasteiger partial charge in [-0.15, -0.1) is 10.2 Å². The Balaban J connectivity index is 1.54. The third kappa shape index (κ3) is 4.18. The van der Waals surface area contributed by atoms with Crippen molar-refractivity contribution in [2.75, 3.05) is 0 Å². The smallest absolute Gasteiger partial charge is 0.317 e. The summed E-state index contributed by atoms with van der Waals surface area (Å²) in [6, 6.07) is 7.83. The molecule has 178 valence electrons. The van der Waals surface area contributed by atoms with Gasteiger partial charge in [-0.2, -0.15) is 13.2 Å². The standard InChI is InChI=1S/C22H21F3N6O2S/c23-22(24,25)21-17(18-7-3-9-20-26-10-11-31(18)20)6-2-8-19(21)34(32,33)29-15-4-1-5-16(12-15)30-13-27-28-14-30/h2-3,6-11,13-16,29H,1,4-5,12H2/t15-,16+/m0/s1. The second-order valence-corrected chi connectivity index (χ2v) is 9.97. The average molecular weight is 491 g/mol. The third-order valence-electron chi connectivity index (χ3n) is 6.13. The maximum absolute atomic E-state index is 14.3. The number of rotatable bonds is 5. The number of sulfonamides is 1. The summed E-state index contributed by atoms with van der Waals surface area (Å²) >= 11 is 0. The lowest BCUT2D eigenvalue weighted by Gasteiger charge is -2.30. The number of aromatic nitrogens is 5. The van der Waals surface area contributed by atoms with Crippen molar-refractivity contribution in [1.29, 1.82) is 0 Å². The quantitative estimate of drug-likeness (QED) is 0.455. The summed E-state index contributed by atoms with van der Waals surface area (Å²) in [7, 11) is -4.47. The molecule has 0 unspecified atom stereocenters. The van der Waals surface area contributed by atoms with Crippen molar-refractivity contribution in [1.82, 2.24) is 28.9 Å². The summed E-state index contributed by atoms with van der Waals surface area (Å²) in [5, 5.41) is 7.56. The lowest BCUT2D eigenvalue weighted by molar-refractivity contribution is -0.139. The maximum atomic E-state index is 14.3. The van der Waals surface area contributed by atoms with Crippen LogP contribution in [0.5, 0.6) is 0 Å². The van der Waals surface area contributed by atoms with E-state index in [2.05, 4.69) is 19.9 Å². The van der Waals surface area contributed by atoms with Crippen LogP contribution >= 0.6 is 0 Å². The van der Waals surface area contributed by atoms with E-state index in [0.717, 1.165) is 18.9 Å². The van der Waals surface area contributed by atoms with Crippen molar-refractivity contribution < 1.29 is 21.6 Å². The van der Waals surface area contributed by atoms with Crippen LogP contribution in [0.15, 0.2) is 66.3 Å². The number of pyridine rings is 1. The van der Waals surface area contributed by atoms with Crippen LogP contribution in [-0.2, 0) is 16.2 Å². The molecule has 0 amide bonds. The van der Waals surface area contributed by atoms with Crippen molar-refractivity contribution in [3.63, 3.8) is 0 Å². The number of alkyl halides is 3. The van der Waals surface area contributed by atoms with Gasteiger partial charge in [0, 0.05) is 30.0 Å². The predicted octanol–water partition coefficient (Wildman–Crippen LogP) is 4.07. The Morgan fingerprint density at radius 1 is 1.03 bits per heavy atom. The summed E-state index contributed by atoms with van der Waals surface area (Å²) < 4.78 is 75.4. The fourth-order valence-corrected chi connectivity index (χ4v) is 6.18. The normalized spacial score (nSPS) is 19.5. The van der Waals surface area contributed by atoms with E-state index in [9.17, 15) is 21.6 Å². The van der Waals surface area contributed by atoms with Crippen LogP contribution in [0.2, 0.25) is 0 Å². The van der Waals surface area contributed by atoms with Crippen molar-refractivity contribution >= 4 is 15.7 Å². The second kappa shape index (κ2) is 8.51. The number of hydrogen-bond donors (Lipinski definition) is 1. The molecule has 0 radical (unpaired) electrons. The zero-order valence-electron chi connectivity index (χ0n) is 17.9. The molecule has 34 heavy (non-hydrogen) atoms. The highest BCUT2D eigenvalue weighted by atomic mass is 32.2. The molecule has 1 aliphatic carbocycles. The number of fused-ring (bicyclic) bond motifs is 1. The number of halogens is 3. The van der Waals surface area contributed by atoms with Gasteiger partial charge in [0.1, 0.15) is 18.3 Å². The van der Waals surface area contributed by atoms with E-state index in [0.29, 0.717) is 18.5 Å². The van der Waals surface area contributed by atoms with Gasteiger partial charge >= 0.3 is 6.18 Å². The van der Waals surface area contributed by atoms with Gasteiger partial charge in [0.05, 0.1) is 16.2 Å². The highest BCUT2D eigenvalue weighted by Crippen LogP contribution is 2.41. The molecule has 3 heterocycles. The summed E-state index contributed by atoms with van der Waals surface area (Å²) in [6.45, 7) is 0. The van der Waals surface area contributed by atoms with E-state index < -0.39 is 32.7 Å². The van der Waals surface area contributed by atoms with E-state index in [4.69, 9.17) is 0 Å². The SMILES string of the molecule is O=S(=O)(N[C@H]1CCC[C@@H](n2cnnc2)C1)c1cccc(-c2cccc3nccn23)c1C(F)(F)F. The number of benzene rings is 1. The first-order chi connectivity index (χ1) is 16.2. The molecular formula is C22H21F3N6O2S. The van der Waals surface area contributed by atoms with E-state index >= 15 is 0 Å². The minimum atomic E-state index is -4.90. The highest BCUT2D eigenvalue weighted by Gasteiger charge is 2.41. The van der Waals surface area contributed by atoms with Gasteiger partial charge < -0.3 is 4.57 Å². The van der Waals surface area contributed by atoms with Crippen LogP contribution in [-0.4, -0.2) is 38.6 Å². The third-order valence-corrected chi connectivity index (χ3v) is 7.69. The second-order valence-electron chi connectivity index (χ2n) is 8.29. The van der Waals surface area contributed by atoms with Crippen LogP contribution < -0.4 is 4.72 Å². The number of hydrogen-bond acceptors (Lipinski definition) is 5. The summed E-state index contributed by atoms with van der Waals surface area (Å²) in [6.07, 6.45) is 3.74. The van der Waals surface area contributed by atoms with Crippen molar-refractivity contribution in [3.05, 3.63) is 67.0 Å². The Morgan fingerprint density at radius 3 is 2.56 bits per heavy atom. The molecule has 1 fully saturated rings. The molecule has 0 bridgehead atoms. The fraction of sp³-hybridized carbons (Fsp3) is 0.318. The Kier molecular flexibility index (Phi) is 5.64. The zero-order valence-corrected chi connectivity index (χ0v) is 18.7. The van der Waals surface area contributed by atoms with Gasteiger partial charge in [0.15, 0.2) is 0 Å². The first-order valence-corrected chi connectivity index (χ1v) is 12.2. The molecular weight excluding hydrogens is 469 g/mol. The van der Waals surface area contributed by atoms with Crippen LogP contribution in [0.25, 0.3) is 16.9 Å². The van der Waals surface area contributed by atoms with Gasteiger partial charge in [-0.05, 0) is 43.9 Å². The van der Waals surface area contributed by atoms with Crippen LogP contribution in [0.3, 0.4) is 0 Å². The number of imidazole rings is 1. The molecule has 0 spiro atoms. The van der Waals surface area contributed by atoms with Gasteiger partial charge in [0.2, 0.25) is 10.0 Å². The van der Waals surface area contributed by atoms with Gasteiger partial charge in [-0.25, -0.2) is 18.1 Å². The molecule has 5 rings (SSSR count). The van der Waals surface area contributed by atoms with E-state index in [1.165, 1.54) is 35.0 Å². The molecule has 1 saturated carbocycles. The molecule has 1 aliphatic rings. The molecule has 1 aromatic carbocycles. The lowest BCUT2D eigenvalue weighted by atomic mass is 9.91. The molecule has 2 atom stereocenters. The minimum Gasteiger partial charge on any atom is -0.317 e. The predicted molar refractivity (Wildman–Crippen MR) is 117 cm³/mol. The van der Waals surface area contributed by atoms with Crippen LogP contribution in [0, 0.1) is 0 Å². The summed E-state index contributed by atoms with van der Waals surface area (Å²) in [4.78, 5) is 3.32. The van der Waals surface area contributed by atoms with Gasteiger partial charge in [0.25, 0.3) is 0 Å². The first kappa shape index (κ1) is 22.5. The molecule has 12 heteroatoms. The van der Waals surface area contributed by atoms with Crippen LogP contribution in [0.1, 0.15) is 37.3 Å². The van der Waals surface area contributed by atoms with Gasteiger partial charge in [-0.1, -0.05) is 18.2 Å². The summed E-state index contributed by atoms with van der Waals surface area (Å²) in [5.74, 6) is 0. The zero-order chi connectivity index (χ0) is 23.9. The molecule has 0 aliphatic heterocycles. The Bertz CT molecular complexity index is 1420. The highest BCUT2D eigenvalue weighted by molar-refractivity contribution is 7.89. The Labute approximate surface area is 193 Å². The van der Waals surface area contributed by atoms with Crippen molar-refractivity contribution in [2.45, 2.75) is 48.8 Å². The fourth-order valence-electron chi connectivity index (χ4n) is 4.65. The number of nitrogens with zero attached hydrogens (tertiary/aromatic N) is 5. The van der Waals surface area contributed by atoms with E-state index in [1.54, 1.807) is 29.4 Å². The lowest BCUT2D eigenvalue weighted by Crippen LogP contribution is -2.39. The van der Waals surface area contributed by atoms with Crippen LogP contribution in [0.4, 0.5) is 13.2 Å². The Hall–Kier alpha value is -3.25. The van der Waals surface area contributed by atoms with Crippen molar-refractivity contribution in [3.8, 4) is 11.3 Å². The van der Waals surface area contributed by atoms with Crippen molar-refractivity contribution in [2.24, 2.45) is 0 Å².